The lowest BCUT2D eigenvalue weighted by molar-refractivity contribution is -0.137. The van der Waals surface area contributed by atoms with E-state index in [0.717, 1.165) is 22.2 Å². The number of fused-ring (bicyclic) bond motifs is 1. The highest BCUT2D eigenvalue weighted by Crippen LogP contribution is 2.39. The maximum Gasteiger partial charge on any atom is 0.416 e. The van der Waals surface area contributed by atoms with Crippen molar-refractivity contribution in [1.29, 1.82) is 0 Å². The van der Waals surface area contributed by atoms with E-state index in [9.17, 15) is 18.3 Å². The molecule has 0 saturated carbocycles. The number of rotatable bonds is 2. The topological polar surface area (TPSA) is 20.2 Å². The van der Waals surface area contributed by atoms with Gasteiger partial charge in [-0.15, -0.1) is 11.3 Å². The van der Waals surface area contributed by atoms with Crippen molar-refractivity contribution in [2.24, 2.45) is 0 Å². The van der Waals surface area contributed by atoms with Gasteiger partial charge in [0.25, 0.3) is 0 Å². The smallest absolute Gasteiger partial charge is 0.380 e. The molecule has 0 fully saturated rings. The Labute approximate surface area is 129 Å². The van der Waals surface area contributed by atoms with Crippen LogP contribution in [0.1, 0.15) is 22.9 Å². The number of alkyl halides is 3. The molecule has 1 unspecified atom stereocenters. The van der Waals surface area contributed by atoms with Gasteiger partial charge in [0.1, 0.15) is 5.60 Å². The van der Waals surface area contributed by atoms with Crippen LogP contribution in [0, 0.1) is 0 Å². The molecule has 22 heavy (non-hydrogen) atoms. The lowest BCUT2D eigenvalue weighted by Crippen LogP contribution is -2.22. The second-order valence-corrected chi connectivity index (χ2v) is 6.38. The van der Waals surface area contributed by atoms with Crippen molar-refractivity contribution in [3.63, 3.8) is 0 Å². The van der Waals surface area contributed by atoms with Gasteiger partial charge >= 0.3 is 6.18 Å². The number of hydrogen-bond acceptors (Lipinski definition) is 2. The van der Waals surface area contributed by atoms with Gasteiger partial charge in [-0.2, -0.15) is 13.2 Å². The largest absolute Gasteiger partial charge is 0.416 e. The zero-order valence-corrected chi connectivity index (χ0v) is 12.5. The summed E-state index contributed by atoms with van der Waals surface area (Å²) in [4.78, 5) is 0.619. The fraction of sp³-hybridized carbons (Fsp3) is 0.176. The van der Waals surface area contributed by atoms with Crippen LogP contribution in [0.4, 0.5) is 13.2 Å². The first kappa shape index (κ1) is 15.1. The first-order valence-corrected chi connectivity index (χ1v) is 7.49. The second kappa shape index (κ2) is 5.11. The van der Waals surface area contributed by atoms with Crippen molar-refractivity contribution in [2.75, 3.05) is 0 Å². The van der Waals surface area contributed by atoms with Gasteiger partial charge in [0.15, 0.2) is 0 Å². The van der Waals surface area contributed by atoms with Crippen molar-refractivity contribution in [3.05, 3.63) is 70.6 Å². The molecule has 114 valence electrons. The summed E-state index contributed by atoms with van der Waals surface area (Å²) >= 11 is 1.38. The van der Waals surface area contributed by atoms with Crippen molar-refractivity contribution in [2.45, 2.75) is 18.7 Å². The van der Waals surface area contributed by atoms with E-state index in [-0.39, 0.29) is 5.56 Å². The van der Waals surface area contributed by atoms with E-state index < -0.39 is 17.3 Å². The van der Waals surface area contributed by atoms with E-state index in [1.54, 1.807) is 0 Å². The summed E-state index contributed by atoms with van der Waals surface area (Å²) in [6.07, 6.45) is -4.42. The molecule has 5 heteroatoms. The Bertz CT molecular complexity index is 785. The molecule has 1 aromatic heterocycles. The third-order valence-corrected chi connectivity index (χ3v) is 4.98. The van der Waals surface area contributed by atoms with Gasteiger partial charge in [-0.1, -0.05) is 30.3 Å². The number of benzene rings is 2. The molecule has 1 heterocycles. The van der Waals surface area contributed by atoms with Gasteiger partial charge in [0.2, 0.25) is 0 Å². The molecule has 3 rings (SSSR count). The molecule has 0 aliphatic heterocycles. The number of thiophene rings is 1. The number of aliphatic hydroxyl groups is 1. The van der Waals surface area contributed by atoms with Gasteiger partial charge in [-0.05, 0) is 42.1 Å². The van der Waals surface area contributed by atoms with Gasteiger partial charge in [-0.3, -0.25) is 0 Å². The lowest BCUT2D eigenvalue weighted by Gasteiger charge is -2.23. The van der Waals surface area contributed by atoms with Crippen molar-refractivity contribution in [3.8, 4) is 0 Å². The Morgan fingerprint density at radius 1 is 0.909 bits per heavy atom. The summed E-state index contributed by atoms with van der Waals surface area (Å²) in [6, 6.07) is 14.3. The van der Waals surface area contributed by atoms with E-state index in [0.29, 0.717) is 4.88 Å². The zero-order valence-electron chi connectivity index (χ0n) is 11.7. The third-order valence-electron chi connectivity index (χ3n) is 3.66. The van der Waals surface area contributed by atoms with Crippen LogP contribution >= 0.6 is 11.3 Å². The molecule has 1 N–H and O–H groups in total. The minimum Gasteiger partial charge on any atom is -0.380 e. The maximum absolute atomic E-state index is 12.8. The van der Waals surface area contributed by atoms with Crippen molar-refractivity contribution >= 4 is 21.4 Å². The molecule has 1 nitrogen and oxygen atoms in total. The van der Waals surface area contributed by atoms with E-state index in [1.165, 1.54) is 30.4 Å². The molecule has 3 aromatic rings. The molecule has 0 bridgehead atoms. The van der Waals surface area contributed by atoms with Crippen LogP contribution in [-0.2, 0) is 11.8 Å². The van der Waals surface area contributed by atoms with Crippen molar-refractivity contribution in [1.82, 2.24) is 0 Å². The van der Waals surface area contributed by atoms with Crippen LogP contribution in [0.25, 0.3) is 10.1 Å². The van der Waals surface area contributed by atoms with Gasteiger partial charge in [0.05, 0.1) is 5.56 Å². The Balaban J connectivity index is 2.09. The standard InChI is InChI=1S/C17H13F3OS/c1-16(21,12-6-4-7-13(10-12)17(18,19)20)15-9-11-5-2-3-8-14(11)22-15/h2-10,21H,1H3. The van der Waals surface area contributed by atoms with E-state index in [1.807, 2.05) is 30.3 Å². The molecule has 0 spiro atoms. The summed E-state index contributed by atoms with van der Waals surface area (Å²) in [7, 11) is 0. The molecule has 2 aromatic carbocycles. The van der Waals surface area contributed by atoms with Gasteiger partial charge < -0.3 is 5.11 Å². The Hall–Kier alpha value is -1.85. The first-order chi connectivity index (χ1) is 10.3. The summed E-state index contributed by atoms with van der Waals surface area (Å²) < 4.78 is 39.5. The monoisotopic (exact) mass is 322 g/mol. The molecular formula is C17H13F3OS. The molecule has 1 atom stereocenters. The van der Waals surface area contributed by atoms with Gasteiger partial charge in [-0.25, -0.2) is 0 Å². The van der Waals surface area contributed by atoms with E-state index in [4.69, 9.17) is 0 Å². The third kappa shape index (κ3) is 2.62. The van der Waals surface area contributed by atoms with Crippen LogP contribution in [0.5, 0.6) is 0 Å². The number of hydrogen-bond donors (Lipinski definition) is 1. The Morgan fingerprint density at radius 3 is 2.27 bits per heavy atom. The highest BCUT2D eigenvalue weighted by atomic mass is 32.1. The Kier molecular flexibility index (Phi) is 3.50. The predicted molar refractivity (Wildman–Crippen MR) is 81.9 cm³/mol. The summed E-state index contributed by atoms with van der Waals surface area (Å²) in [5.74, 6) is 0. The maximum atomic E-state index is 12.8. The molecule has 0 aliphatic rings. The zero-order chi connectivity index (χ0) is 16.0. The van der Waals surface area contributed by atoms with Crippen molar-refractivity contribution < 1.29 is 18.3 Å². The first-order valence-electron chi connectivity index (χ1n) is 6.67. The van der Waals surface area contributed by atoms with E-state index >= 15 is 0 Å². The fourth-order valence-corrected chi connectivity index (χ4v) is 3.49. The van der Waals surface area contributed by atoms with Crippen LogP contribution in [-0.4, -0.2) is 5.11 Å². The normalized spacial score (nSPS) is 15.0. The average Bonchev–Trinajstić information content (AvgIpc) is 2.91. The summed E-state index contributed by atoms with van der Waals surface area (Å²) in [6.45, 7) is 1.52. The van der Waals surface area contributed by atoms with Gasteiger partial charge in [0, 0.05) is 9.58 Å². The van der Waals surface area contributed by atoms with Crippen LogP contribution in [0.15, 0.2) is 54.6 Å². The highest BCUT2D eigenvalue weighted by Gasteiger charge is 2.34. The summed E-state index contributed by atoms with van der Waals surface area (Å²) in [5, 5.41) is 11.8. The fourth-order valence-electron chi connectivity index (χ4n) is 2.36. The minimum absolute atomic E-state index is 0.230. The molecule has 0 amide bonds. The predicted octanol–water partition coefficient (Wildman–Crippen LogP) is 5.18. The highest BCUT2D eigenvalue weighted by molar-refractivity contribution is 7.19. The van der Waals surface area contributed by atoms with Crippen LogP contribution < -0.4 is 0 Å². The second-order valence-electron chi connectivity index (χ2n) is 5.30. The quantitative estimate of drug-likeness (QED) is 0.689. The SMILES string of the molecule is CC(O)(c1cccc(C(F)(F)F)c1)c1cc2ccccc2s1. The van der Waals surface area contributed by atoms with Crippen LogP contribution in [0.3, 0.4) is 0 Å². The lowest BCUT2D eigenvalue weighted by atomic mass is 9.92. The Morgan fingerprint density at radius 2 is 1.59 bits per heavy atom. The molecule has 0 aliphatic carbocycles. The molecule has 0 saturated heterocycles. The minimum atomic E-state index is -4.42. The van der Waals surface area contributed by atoms with E-state index in [2.05, 4.69) is 0 Å². The van der Waals surface area contributed by atoms with Crippen LogP contribution in [0.2, 0.25) is 0 Å². The summed E-state index contributed by atoms with van der Waals surface area (Å²) in [5.41, 5.74) is -1.99. The molecule has 0 radical (unpaired) electrons. The molecular weight excluding hydrogens is 309 g/mol. The number of halogens is 3. The average molecular weight is 322 g/mol.